The van der Waals surface area contributed by atoms with E-state index in [-0.39, 0.29) is 5.78 Å². The number of benzene rings is 1. The fourth-order valence-corrected chi connectivity index (χ4v) is 3.20. The first kappa shape index (κ1) is 14.8. The minimum Gasteiger partial charge on any atom is -0.496 e. The van der Waals surface area contributed by atoms with Crippen molar-refractivity contribution < 1.29 is 9.53 Å². The summed E-state index contributed by atoms with van der Waals surface area (Å²) in [7, 11) is 1.62. The predicted octanol–water partition coefficient (Wildman–Crippen LogP) is 4.58. The van der Waals surface area contributed by atoms with Gasteiger partial charge in [-0.25, -0.2) is 0 Å². The van der Waals surface area contributed by atoms with Gasteiger partial charge in [0.2, 0.25) is 0 Å². The molecule has 0 aliphatic heterocycles. The van der Waals surface area contributed by atoms with Crippen molar-refractivity contribution >= 4 is 17.1 Å². The van der Waals surface area contributed by atoms with Gasteiger partial charge in [0.05, 0.1) is 12.7 Å². The highest BCUT2D eigenvalue weighted by Gasteiger charge is 2.15. The van der Waals surface area contributed by atoms with Crippen LogP contribution >= 0.6 is 11.3 Å². The van der Waals surface area contributed by atoms with Gasteiger partial charge < -0.3 is 4.74 Å². The van der Waals surface area contributed by atoms with Crippen molar-refractivity contribution in [3.05, 3.63) is 51.2 Å². The topological polar surface area (TPSA) is 26.3 Å². The van der Waals surface area contributed by atoms with Gasteiger partial charge in [-0.3, -0.25) is 4.79 Å². The highest BCUT2D eigenvalue weighted by Crippen LogP contribution is 2.26. The summed E-state index contributed by atoms with van der Waals surface area (Å²) in [6.45, 7) is 3.99. The lowest BCUT2D eigenvalue weighted by Gasteiger charge is -2.12. The number of methoxy groups -OCH3 is 1. The molecule has 0 fully saturated rings. The van der Waals surface area contributed by atoms with Crippen LogP contribution in [0.4, 0.5) is 0 Å². The third-order valence-corrected chi connectivity index (χ3v) is 4.29. The second-order valence-electron chi connectivity index (χ2n) is 5.02. The maximum Gasteiger partial charge on any atom is 0.166 e. The summed E-state index contributed by atoms with van der Waals surface area (Å²) in [6.07, 6.45) is 2.42. The summed E-state index contributed by atoms with van der Waals surface area (Å²) in [5.41, 5.74) is 2.86. The first-order chi connectivity index (χ1) is 9.61. The SMILES string of the molecule is COc1cc(C)cc(C)c1C(=O)CCCc1cccs1. The largest absolute Gasteiger partial charge is 0.496 e. The van der Waals surface area contributed by atoms with E-state index < -0.39 is 0 Å². The van der Waals surface area contributed by atoms with Crippen LogP contribution in [0.25, 0.3) is 0 Å². The van der Waals surface area contributed by atoms with E-state index in [2.05, 4.69) is 17.5 Å². The van der Waals surface area contributed by atoms with Gasteiger partial charge in [-0.15, -0.1) is 11.3 Å². The number of hydrogen-bond donors (Lipinski definition) is 0. The molecule has 2 aromatic rings. The Morgan fingerprint density at radius 1 is 1.30 bits per heavy atom. The van der Waals surface area contributed by atoms with Gasteiger partial charge in [-0.1, -0.05) is 12.1 Å². The Balaban J connectivity index is 2.05. The second kappa shape index (κ2) is 6.71. The Bertz CT molecular complexity index is 585. The number of hydrogen-bond acceptors (Lipinski definition) is 3. The maximum atomic E-state index is 12.4. The molecule has 20 heavy (non-hydrogen) atoms. The fourth-order valence-electron chi connectivity index (χ4n) is 2.45. The summed E-state index contributed by atoms with van der Waals surface area (Å²) >= 11 is 1.75. The lowest BCUT2D eigenvalue weighted by molar-refractivity contribution is 0.0976. The highest BCUT2D eigenvalue weighted by atomic mass is 32.1. The molecule has 0 N–H and O–H groups in total. The maximum absolute atomic E-state index is 12.4. The third kappa shape index (κ3) is 3.48. The fraction of sp³-hybridized carbons (Fsp3) is 0.353. The van der Waals surface area contributed by atoms with Crippen molar-refractivity contribution in [3.63, 3.8) is 0 Å². The van der Waals surface area contributed by atoms with E-state index in [9.17, 15) is 4.79 Å². The molecule has 0 aliphatic carbocycles. The minimum atomic E-state index is 0.177. The summed E-state index contributed by atoms with van der Waals surface area (Å²) in [4.78, 5) is 13.7. The zero-order chi connectivity index (χ0) is 14.5. The van der Waals surface area contributed by atoms with E-state index in [0.29, 0.717) is 12.2 Å². The Kier molecular flexibility index (Phi) is 4.96. The zero-order valence-corrected chi connectivity index (χ0v) is 13.0. The zero-order valence-electron chi connectivity index (χ0n) is 12.2. The first-order valence-corrected chi connectivity index (χ1v) is 7.70. The van der Waals surface area contributed by atoms with Crippen LogP contribution in [0.1, 0.15) is 39.2 Å². The van der Waals surface area contributed by atoms with E-state index in [1.54, 1.807) is 18.4 Å². The molecule has 1 aromatic heterocycles. The summed E-state index contributed by atoms with van der Waals surface area (Å²) in [6, 6.07) is 8.14. The van der Waals surface area contributed by atoms with Crippen LogP contribution in [0.2, 0.25) is 0 Å². The highest BCUT2D eigenvalue weighted by molar-refractivity contribution is 7.09. The quantitative estimate of drug-likeness (QED) is 0.727. The smallest absolute Gasteiger partial charge is 0.166 e. The molecule has 3 heteroatoms. The van der Waals surface area contributed by atoms with Crippen molar-refractivity contribution in [1.82, 2.24) is 0 Å². The lowest BCUT2D eigenvalue weighted by atomic mass is 9.97. The molecule has 0 saturated carbocycles. The van der Waals surface area contributed by atoms with Crippen molar-refractivity contribution in [3.8, 4) is 5.75 Å². The number of carbonyl (C=O) groups excluding carboxylic acids is 1. The first-order valence-electron chi connectivity index (χ1n) is 6.82. The molecule has 106 valence electrons. The molecule has 0 aliphatic rings. The van der Waals surface area contributed by atoms with Gasteiger partial charge in [0.15, 0.2) is 5.78 Å². The Hall–Kier alpha value is -1.61. The molecule has 0 atom stereocenters. The van der Waals surface area contributed by atoms with Crippen LogP contribution in [0, 0.1) is 13.8 Å². The predicted molar refractivity (Wildman–Crippen MR) is 84.1 cm³/mol. The van der Waals surface area contributed by atoms with Gasteiger partial charge in [0.1, 0.15) is 5.75 Å². The van der Waals surface area contributed by atoms with Crippen LogP contribution in [0.3, 0.4) is 0 Å². The van der Waals surface area contributed by atoms with Gasteiger partial charge in [-0.2, -0.15) is 0 Å². The van der Waals surface area contributed by atoms with Crippen molar-refractivity contribution in [2.24, 2.45) is 0 Å². The van der Waals surface area contributed by atoms with Gasteiger partial charge in [-0.05, 0) is 55.3 Å². The molecule has 2 rings (SSSR count). The molecule has 0 amide bonds. The van der Waals surface area contributed by atoms with E-state index >= 15 is 0 Å². The van der Waals surface area contributed by atoms with Crippen LogP contribution in [-0.4, -0.2) is 12.9 Å². The Morgan fingerprint density at radius 3 is 2.75 bits per heavy atom. The van der Waals surface area contributed by atoms with E-state index in [1.165, 1.54) is 4.88 Å². The number of ketones is 1. The number of carbonyl (C=O) groups is 1. The van der Waals surface area contributed by atoms with Crippen molar-refractivity contribution in [1.29, 1.82) is 0 Å². The normalized spacial score (nSPS) is 10.6. The molecule has 0 bridgehead atoms. The standard InChI is InChI=1S/C17H20O2S/c1-12-10-13(2)17(16(11-12)19-3)15(18)8-4-6-14-7-5-9-20-14/h5,7,9-11H,4,6,8H2,1-3H3. The molecule has 2 nitrogen and oxygen atoms in total. The van der Waals surface area contributed by atoms with E-state index in [0.717, 1.165) is 29.5 Å². The lowest BCUT2D eigenvalue weighted by Crippen LogP contribution is -2.06. The second-order valence-corrected chi connectivity index (χ2v) is 6.05. The van der Waals surface area contributed by atoms with Crippen LogP contribution in [0.15, 0.2) is 29.6 Å². The molecule has 0 saturated heterocycles. The van der Waals surface area contributed by atoms with E-state index in [4.69, 9.17) is 4.74 Å². The molecular weight excluding hydrogens is 268 g/mol. The third-order valence-electron chi connectivity index (χ3n) is 3.35. The minimum absolute atomic E-state index is 0.177. The Morgan fingerprint density at radius 2 is 2.10 bits per heavy atom. The molecule has 1 heterocycles. The van der Waals surface area contributed by atoms with E-state index in [1.807, 2.05) is 26.0 Å². The van der Waals surface area contributed by atoms with Gasteiger partial charge in [0.25, 0.3) is 0 Å². The molecule has 0 spiro atoms. The number of rotatable bonds is 6. The average Bonchev–Trinajstić information content (AvgIpc) is 2.90. The molecular formula is C17H20O2S. The number of thiophene rings is 1. The van der Waals surface area contributed by atoms with Crippen LogP contribution in [0.5, 0.6) is 5.75 Å². The number of Topliss-reactive ketones (excluding diaryl/α,β-unsaturated/α-hetero) is 1. The van der Waals surface area contributed by atoms with Crippen molar-refractivity contribution in [2.75, 3.05) is 7.11 Å². The number of ether oxygens (including phenoxy) is 1. The molecule has 0 unspecified atom stereocenters. The molecule has 0 radical (unpaired) electrons. The van der Waals surface area contributed by atoms with Gasteiger partial charge in [0, 0.05) is 11.3 Å². The van der Waals surface area contributed by atoms with Crippen LogP contribution < -0.4 is 4.74 Å². The van der Waals surface area contributed by atoms with Crippen LogP contribution in [-0.2, 0) is 6.42 Å². The number of aryl methyl sites for hydroxylation is 3. The van der Waals surface area contributed by atoms with Gasteiger partial charge >= 0.3 is 0 Å². The molecule has 1 aromatic carbocycles. The average molecular weight is 288 g/mol. The summed E-state index contributed by atoms with van der Waals surface area (Å²) in [5, 5.41) is 2.07. The summed E-state index contributed by atoms with van der Waals surface area (Å²) in [5.74, 6) is 0.875. The monoisotopic (exact) mass is 288 g/mol. The Labute approximate surface area is 124 Å². The van der Waals surface area contributed by atoms with Crippen molar-refractivity contribution in [2.45, 2.75) is 33.1 Å². The summed E-state index contributed by atoms with van der Waals surface area (Å²) < 4.78 is 5.36.